The standard InChI is InChI=1S/C27H19Cl2N3O2S/c1-16-23(25(33)31-20-10-6-3-7-11-20)24(17-8-4-2-5-9-17)32-26(34)22(35-27(32)30-16)14-18-12-13-19(28)15-21(18)29/h2-15,24H,1H3,(H,31,33)/b22-14+/t24-/m1/s1. The number of halogens is 2. The van der Waals surface area contributed by atoms with Crippen LogP contribution in [0.2, 0.25) is 10.0 Å². The number of fused-ring (bicyclic) bond motifs is 1. The van der Waals surface area contributed by atoms with E-state index in [1.54, 1.807) is 35.8 Å². The van der Waals surface area contributed by atoms with E-state index in [1.165, 1.54) is 11.3 Å². The summed E-state index contributed by atoms with van der Waals surface area (Å²) in [5.41, 5.74) is 2.89. The number of nitrogens with one attached hydrogen (secondary N) is 1. The molecular formula is C27H19Cl2N3O2S. The Morgan fingerprint density at radius 1 is 1.03 bits per heavy atom. The molecule has 35 heavy (non-hydrogen) atoms. The number of allylic oxidation sites excluding steroid dienone is 1. The first-order chi connectivity index (χ1) is 16.9. The van der Waals surface area contributed by atoms with Crippen molar-refractivity contribution >= 4 is 52.2 Å². The van der Waals surface area contributed by atoms with E-state index < -0.39 is 6.04 Å². The highest BCUT2D eigenvalue weighted by Crippen LogP contribution is 2.30. The molecule has 4 aromatic rings. The highest BCUT2D eigenvalue weighted by molar-refractivity contribution is 7.07. The predicted molar refractivity (Wildman–Crippen MR) is 142 cm³/mol. The topological polar surface area (TPSA) is 63.5 Å². The Bertz CT molecular complexity index is 1640. The molecule has 3 aromatic carbocycles. The van der Waals surface area contributed by atoms with Gasteiger partial charge in [-0.15, -0.1) is 0 Å². The maximum atomic E-state index is 13.7. The largest absolute Gasteiger partial charge is 0.322 e. The molecule has 174 valence electrons. The molecule has 0 fully saturated rings. The van der Waals surface area contributed by atoms with Gasteiger partial charge in [-0.2, -0.15) is 0 Å². The number of amides is 1. The van der Waals surface area contributed by atoms with Crippen molar-refractivity contribution < 1.29 is 4.79 Å². The van der Waals surface area contributed by atoms with Crippen molar-refractivity contribution in [2.24, 2.45) is 4.99 Å². The number of thiazole rings is 1. The van der Waals surface area contributed by atoms with E-state index >= 15 is 0 Å². The number of anilines is 1. The van der Waals surface area contributed by atoms with Crippen LogP contribution in [0.1, 0.15) is 24.1 Å². The van der Waals surface area contributed by atoms with E-state index in [4.69, 9.17) is 23.2 Å². The molecule has 0 bridgehead atoms. The summed E-state index contributed by atoms with van der Waals surface area (Å²) in [5.74, 6) is -0.304. The molecular weight excluding hydrogens is 501 g/mol. The van der Waals surface area contributed by atoms with Crippen LogP contribution in [0, 0.1) is 0 Å². The SMILES string of the molecule is CC1=C(C(=O)Nc2ccccc2)[C@@H](c2ccccc2)n2c(s/c(=C/c3ccc(Cl)cc3Cl)c2=O)=N1. The van der Waals surface area contributed by atoms with Gasteiger partial charge in [0, 0.05) is 15.7 Å². The van der Waals surface area contributed by atoms with Crippen LogP contribution in [0.25, 0.3) is 6.08 Å². The second kappa shape index (κ2) is 9.66. The van der Waals surface area contributed by atoms with Crippen LogP contribution in [0.15, 0.2) is 99.9 Å². The fraction of sp³-hybridized carbons (Fsp3) is 0.0741. The molecule has 0 radical (unpaired) electrons. The summed E-state index contributed by atoms with van der Waals surface area (Å²) in [6.45, 7) is 1.79. The molecule has 1 aliphatic rings. The first-order valence-electron chi connectivity index (χ1n) is 10.8. The maximum absolute atomic E-state index is 13.7. The molecule has 0 saturated heterocycles. The summed E-state index contributed by atoms with van der Waals surface area (Å²) in [4.78, 5) is 32.3. The molecule has 0 spiro atoms. The van der Waals surface area contributed by atoms with Gasteiger partial charge in [-0.3, -0.25) is 14.2 Å². The van der Waals surface area contributed by atoms with Crippen molar-refractivity contribution in [3.05, 3.63) is 131 Å². The van der Waals surface area contributed by atoms with Crippen LogP contribution in [0.4, 0.5) is 5.69 Å². The summed E-state index contributed by atoms with van der Waals surface area (Å²) in [6, 6.07) is 23.2. The van der Waals surface area contributed by atoms with Crippen molar-refractivity contribution in [3.63, 3.8) is 0 Å². The molecule has 0 saturated carbocycles. The van der Waals surface area contributed by atoms with Crippen LogP contribution >= 0.6 is 34.5 Å². The number of hydrogen-bond donors (Lipinski definition) is 1. The van der Waals surface area contributed by atoms with Crippen LogP contribution in [0.5, 0.6) is 0 Å². The number of rotatable bonds is 4. The monoisotopic (exact) mass is 519 g/mol. The molecule has 1 N–H and O–H groups in total. The third-order valence-corrected chi connectivity index (χ3v) is 7.21. The van der Waals surface area contributed by atoms with E-state index in [0.29, 0.717) is 41.9 Å². The lowest BCUT2D eigenvalue weighted by Gasteiger charge is -2.25. The molecule has 5 rings (SSSR count). The van der Waals surface area contributed by atoms with Gasteiger partial charge in [-0.1, -0.05) is 89.1 Å². The Hall–Kier alpha value is -3.45. The van der Waals surface area contributed by atoms with Gasteiger partial charge < -0.3 is 5.32 Å². The van der Waals surface area contributed by atoms with Gasteiger partial charge in [0.2, 0.25) is 0 Å². The number of para-hydroxylation sites is 1. The van der Waals surface area contributed by atoms with Crippen LogP contribution in [-0.2, 0) is 4.79 Å². The summed E-state index contributed by atoms with van der Waals surface area (Å²) >= 11 is 13.6. The fourth-order valence-electron chi connectivity index (χ4n) is 4.04. The zero-order valence-corrected chi connectivity index (χ0v) is 20.9. The van der Waals surface area contributed by atoms with Gasteiger partial charge in [0.25, 0.3) is 11.5 Å². The van der Waals surface area contributed by atoms with Crippen molar-refractivity contribution in [2.45, 2.75) is 13.0 Å². The molecule has 5 nitrogen and oxygen atoms in total. The van der Waals surface area contributed by atoms with E-state index in [2.05, 4.69) is 10.3 Å². The van der Waals surface area contributed by atoms with Gasteiger partial charge in [0.1, 0.15) is 0 Å². The Morgan fingerprint density at radius 2 is 1.71 bits per heavy atom. The predicted octanol–water partition coefficient (Wildman–Crippen LogP) is 5.18. The van der Waals surface area contributed by atoms with Gasteiger partial charge in [0.05, 0.1) is 21.8 Å². The number of carbonyl (C=O) groups excluding carboxylic acids is 1. The van der Waals surface area contributed by atoms with Gasteiger partial charge in [-0.05, 0) is 48.4 Å². The second-order valence-corrected chi connectivity index (χ2v) is 9.83. The normalized spacial score (nSPS) is 15.5. The van der Waals surface area contributed by atoms with Crippen molar-refractivity contribution in [2.75, 3.05) is 5.32 Å². The number of benzene rings is 3. The lowest BCUT2D eigenvalue weighted by molar-refractivity contribution is -0.113. The average Bonchev–Trinajstić information content (AvgIpc) is 3.15. The average molecular weight is 520 g/mol. The quantitative estimate of drug-likeness (QED) is 0.403. The summed E-state index contributed by atoms with van der Waals surface area (Å²) in [6.07, 6.45) is 1.73. The number of aromatic nitrogens is 1. The minimum Gasteiger partial charge on any atom is -0.322 e. The Kier molecular flexibility index (Phi) is 6.43. The van der Waals surface area contributed by atoms with Crippen LogP contribution in [-0.4, -0.2) is 10.5 Å². The minimum atomic E-state index is -0.626. The molecule has 1 amide bonds. The minimum absolute atomic E-state index is 0.244. The zero-order chi connectivity index (χ0) is 24.5. The van der Waals surface area contributed by atoms with E-state index in [-0.39, 0.29) is 11.5 Å². The van der Waals surface area contributed by atoms with E-state index in [9.17, 15) is 9.59 Å². The second-order valence-electron chi connectivity index (χ2n) is 7.98. The Labute approximate surface area is 215 Å². The molecule has 2 heterocycles. The Morgan fingerprint density at radius 3 is 2.40 bits per heavy atom. The van der Waals surface area contributed by atoms with Crippen molar-refractivity contribution in [1.82, 2.24) is 4.57 Å². The third kappa shape index (κ3) is 4.60. The van der Waals surface area contributed by atoms with Gasteiger partial charge >= 0.3 is 0 Å². The maximum Gasteiger partial charge on any atom is 0.271 e. The summed E-state index contributed by atoms with van der Waals surface area (Å²) in [7, 11) is 0. The molecule has 0 aliphatic carbocycles. The molecule has 1 atom stereocenters. The zero-order valence-electron chi connectivity index (χ0n) is 18.5. The Balaban J connectivity index is 1.68. The summed E-state index contributed by atoms with van der Waals surface area (Å²) in [5, 5.41) is 3.91. The highest BCUT2D eigenvalue weighted by atomic mass is 35.5. The van der Waals surface area contributed by atoms with E-state index in [1.807, 2.05) is 60.7 Å². The molecule has 1 aliphatic heterocycles. The number of carbonyl (C=O) groups is 1. The van der Waals surface area contributed by atoms with Gasteiger partial charge in [0.15, 0.2) is 4.80 Å². The van der Waals surface area contributed by atoms with Crippen molar-refractivity contribution in [1.29, 1.82) is 0 Å². The molecule has 0 unspecified atom stereocenters. The number of nitrogens with zero attached hydrogens (tertiary/aromatic N) is 2. The molecule has 1 aromatic heterocycles. The van der Waals surface area contributed by atoms with Crippen LogP contribution in [0.3, 0.4) is 0 Å². The first-order valence-corrected chi connectivity index (χ1v) is 12.4. The molecule has 8 heteroatoms. The van der Waals surface area contributed by atoms with Crippen LogP contribution < -0.4 is 20.2 Å². The van der Waals surface area contributed by atoms with Gasteiger partial charge in [-0.25, -0.2) is 4.99 Å². The highest BCUT2D eigenvalue weighted by Gasteiger charge is 2.32. The fourth-order valence-corrected chi connectivity index (χ4v) is 5.54. The van der Waals surface area contributed by atoms with E-state index in [0.717, 1.165) is 5.56 Å². The first kappa shape index (κ1) is 23.3. The summed E-state index contributed by atoms with van der Waals surface area (Å²) < 4.78 is 2.05. The lowest BCUT2D eigenvalue weighted by Crippen LogP contribution is -2.40. The van der Waals surface area contributed by atoms with Crippen molar-refractivity contribution in [3.8, 4) is 0 Å². The lowest BCUT2D eigenvalue weighted by atomic mass is 9.95. The smallest absolute Gasteiger partial charge is 0.271 e. The number of hydrogen-bond acceptors (Lipinski definition) is 4. The third-order valence-electron chi connectivity index (χ3n) is 5.66.